The first kappa shape index (κ1) is 15.4. The zero-order valence-corrected chi connectivity index (χ0v) is 14.1. The number of carbonyl (C=O) groups is 1. The molecule has 2 heterocycles. The topological polar surface area (TPSA) is 54.9 Å². The number of benzene rings is 1. The molecular formula is C18H17N3OS. The van der Waals surface area contributed by atoms with Crippen molar-refractivity contribution in [2.24, 2.45) is 0 Å². The molecule has 4 nitrogen and oxygen atoms in total. The molecule has 5 heteroatoms. The van der Waals surface area contributed by atoms with Crippen LogP contribution in [0.4, 0.5) is 5.13 Å². The Hall–Kier alpha value is -2.53. The van der Waals surface area contributed by atoms with Crippen molar-refractivity contribution in [1.29, 1.82) is 0 Å². The minimum atomic E-state index is -0.235. The van der Waals surface area contributed by atoms with Gasteiger partial charge in [-0.3, -0.25) is 10.1 Å². The van der Waals surface area contributed by atoms with Crippen LogP contribution in [0.5, 0.6) is 0 Å². The predicted molar refractivity (Wildman–Crippen MR) is 94.0 cm³/mol. The highest BCUT2D eigenvalue weighted by Crippen LogP contribution is 2.25. The average Bonchev–Trinajstić information content (AvgIpc) is 2.95. The molecule has 116 valence electrons. The van der Waals surface area contributed by atoms with Crippen molar-refractivity contribution >= 4 is 22.4 Å². The summed E-state index contributed by atoms with van der Waals surface area (Å²) >= 11 is 1.41. The number of carbonyl (C=O) groups excluding carboxylic acids is 1. The number of pyridine rings is 1. The Labute approximate surface area is 139 Å². The number of rotatable bonds is 3. The van der Waals surface area contributed by atoms with Gasteiger partial charge in [0.2, 0.25) is 0 Å². The molecule has 0 fully saturated rings. The Bertz CT molecular complexity index is 833. The van der Waals surface area contributed by atoms with Crippen LogP contribution < -0.4 is 5.32 Å². The van der Waals surface area contributed by atoms with Gasteiger partial charge in [-0.2, -0.15) is 0 Å². The van der Waals surface area contributed by atoms with Gasteiger partial charge in [0.25, 0.3) is 5.91 Å². The summed E-state index contributed by atoms with van der Waals surface area (Å²) < 4.78 is 0. The summed E-state index contributed by atoms with van der Waals surface area (Å²) in [6, 6.07) is 11.9. The number of thiazole rings is 1. The van der Waals surface area contributed by atoms with Crippen molar-refractivity contribution < 1.29 is 4.79 Å². The normalized spacial score (nSPS) is 10.6. The van der Waals surface area contributed by atoms with E-state index < -0.39 is 0 Å². The largest absolute Gasteiger partial charge is 0.296 e. The van der Waals surface area contributed by atoms with E-state index in [-0.39, 0.29) is 5.91 Å². The lowest BCUT2D eigenvalue weighted by atomic mass is 10.1. The third-order valence-electron chi connectivity index (χ3n) is 3.40. The van der Waals surface area contributed by atoms with E-state index in [0.29, 0.717) is 10.8 Å². The van der Waals surface area contributed by atoms with Crippen LogP contribution in [0.2, 0.25) is 0 Å². The number of anilines is 1. The summed E-state index contributed by atoms with van der Waals surface area (Å²) in [7, 11) is 0. The van der Waals surface area contributed by atoms with Crippen LogP contribution in [0, 0.1) is 20.8 Å². The minimum Gasteiger partial charge on any atom is -0.296 e. The molecule has 0 saturated carbocycles. The van der Waals surface area contributed by atoms with E-state index in [1.165, 1.54) is 16.9 Å². The lowest BCUT2D eigenvalue weighted by molar-refractivity contribution is 0.102. The molecule has 3 rings (SSSR count). The standard InChI is InChI=1S/C18H17N3OS/c1-11-4-6-14(7-5-11)16-10-23-18(20-16)21-17(22)15-9-12(2)8-13(3)19-15/h4-10H,1-3H3,(H,20,21,22). The van der Waals surface area contributed by atoms with Gasteiger partial charge in [0.15, 0.2) is 5.13 Å². The van der Waals surface area contributed by atoms with E-state index in [0.717, 1.165) is 22.5 Å². The van der Waals surface area contributed by atoms with Gasteiger partial charge < -0.3 is 0 Å². The average molecular weight is 323 g/mol. The Morgan fingerprint density at radius 3 is 2.43 bits per heavy atom. The van der Waals surface area contributed by atoms with Crippen molar-refractivity contribution in [1.82, 2.24) is 9.97 Å². The fourth-order valence-electron chi connectivity index (χ4n) is 2.31. The Balaban J connectivity index is 1.78. The van der Waals surface area contributed by atoms with E-state index in [1.54, 1.807) is 6.07 Å². The zero-order valence-electron chi connectivity index (χ0n) is 13.3. The van der Waals surface area contributed by atoms with E-state index >= 15 is 0 Å². The predicted octanol–water partition coefficient (Wildman–Crippen LogP) is 4.38. The third kappa shape index (κ3) is 3.63. The Morgan fingerprint density at radius 1 is 1.00 bits per heavy atom. The molecule has 1 amide bonds. The van der Waals surface area contributed by atoms with Crippen LogP contribution in [0.3, 0.4) is 0 Å². The molecule has 0 bridgehead atoms. The molecule has 1 aromatic carbocycles. The summed E-state index contributed by atoms with van der Waals surface area (Å²) in [6.45, 7) is 5.88. The Morgan fingerprint density at radius 2 is 1.74 bits per heavy atom. The molecule has 0 aliphatic heterocycles. The quantitative estimate of drug-likeness (QED) is 0.778. The second-order valence-electron chi connectivity index (χ2n) is 5.53. The van der Waals surface area contributed by atoms with Crippen molar-refractivity contribution in [3.8, 4) is 11.3 Å². The van der Waals surface area contributed by atoms with E-state index in [2.05, 4.69) is 15.3 Å². The van der Waals surface area contributed by atoms with E-state index in [4.69, 9.17) is 0 Å². The number of amides is 1. The second-order valence-corrected chi connectivity index (χ2v) is 6.39. The Kier molecular flexibility index (Phi) is 4.21. The molecule has 0 aliphatic carbocycles. The highest BCUT2D eigenvalue weighted by atomic mass is 32.1. The summed E-state index contributed by atoms with van der Waals surface area (Å²) in [5.41, 5.74) is 5.36. The van der Waals surface area contributed by atoms with Crippen LogP contribution >= 0.6 is 11.3 Å². The van der Waals surface area contributed by atoms with Gasteiger partial charge >= 0.3 is 0 Å². The molecule has 0 saturated heterocycles. The van der Waals surface area contributed by atoms with Crippen molar-refractivity contribution in [2.45, 2.75) is 20.8 Å². The van der Waals surface area contributed by atoms with Gasteiger partial charge in [-0.25, -0.2) is 9.97 Å². The van der Waals surface area contributed by atoms with Crippen LogP contribution in [-0.2, 0) is 0 Å². The molecule has 0 atom stereocenters. The maximum Gasteiger partial charge on any atom is 0.276 e. The first-order valence-corrected chi connectivity index (χ1v) is 8.18. The van der Waals surface area contributed by atoms with Gasteiger partial charge in [0.05, 0.1) is 5.69 Å². The summed E-state index contributed by atoms with van der Waals surface area (Å²) in [6.07, 6.45) is 0. The molecule has 0 radical (unpaired) electrons. The molecule has 2 aromatic heterocycles. The van der Waals surface area contributed by atoms with Crippen molar-refractivity contribution in [3.63, 3.8) is 0 Å². The summed E-state index contributed by atoms with van der Waals surface area (Å²) in [5.74, 6) is -0.235. The highest BCUT2D eigenvalue weighted by Gasteiger charge is 2.12. The molecule has 3 aromatic rings. The number of aromatic nitrogens is 2. The fourth-order valence-corrected chi connectivity index (χ4v) is 3.02. The second kappa shape index (κ2) is 6.30. The van der Waals surface area contributed by atoms with Crippen molar-refractivity contribution in [2.75, 3.05) is 5.32 Å². The third-order valence-corrected chi connectivity index (χ3v) is 4.16. The van der Waals surface area contributed by atoms with Crippen LogP contribution in [-0.4, -0.2) is 15.9 Å². The number of hydrogen-bond donors (Lipinski definition) is 1. The van der Waals surface area contributed by atoms with E-state index in [1.807, 2.05) is 56.5 Å². The number of nitrogens with zero attached hydrogens (tertiary/aromatic N) is 2. The number of aryl methyl sites for hydroxylation is 3. The minimum absolute atomic E-state index is 0.235. The molecule has 0 unspecified atom stereocenters. The van der Waals surface area contributed by atoms with E-state index in [9.17, 15) is 4.79 Å². The monoisotopic (exact) mass is 323 g/mol. The van der Waals surface area contributed by atoms with Crippen LogP contribution in [0.1, 0.15) is 27.3 Å². The van der Waals surface area contributed by atoms with Crippen LogP contribution in [0.15, 0.2) is 41.8 Å². The van der Waals surface area contributed by atoms with Crippen LogP contribution in [0.25, 0.3) is 11.3 Å². The maximum absolute atomic E-state index is 12.3. The summed E-state index contributed by atoms with van der Waals surface area (Å²) in [4.78, 5) is 21.1. The fraction of sp³-hybridized carbons (Fsp3) is 0.167. The molecule has 1 N–H and O–H groups in total. The molecule has 0 aliphatic rings. The molecule has 0 spiro atoms. The van der Waals surface area contributed by atoms with Gasteiger partial charge in [0, 0.05) is 16.6 Å². The number of hydrogen-bond acceptors (Lipinski definition) is 4. The molecular weight excluding hydrogens is 306 g/mol. The van der Waals surface area contributed by atoms with Gasteiger partial charge in [-0.15, -0.1) is 11.3 Å². The van der Waals surface area contributed by atoms with Gasteiger partial charge in [-0.05, 0) is 38.5 Å². The smallest absolute Gasteiger partial charge is 0.276 e. The maximum atomic E-state index is 12.3. The van der Waals surface area contributed by atoms with Gasteiger partial charge in [-0.1, -0.05) is 29.8 Å². The number of nitrogens with one attached hydrogen (secondary N) is 1. The lowest BCUT2D eigenvalue weighted by Crippen LogP contribution is -2.14. The molecule has 23 heavy (non-hydrogen) atoms. The first-order valence-electron chi connectivity index (χ1n) is 7.30. The van der Waals surface area contributed by atoms with Crippen molar-refractivity contribution in [3.05, 3.63) is 64.3 Å². The van der Waals surface area contributed by atoms with Gasteiger partial charge in [0.1, 0.15) is 5.69 Å². The zero-order chi connectivity index (χ0) is 16.4. The summed E-state index contributed by atoms with van der Waals surface area (Å²) in [5, 5.41) is 5.34. The highest BCUT2D eigenvalue weighted by molar-refractivity contribution is 7.14. The lowest BCUT2D eigenvalue weighted by Gasteiger charge is -2.03. The first-order chi connectivity index (χ1) is 11.0. The SMILES string of the molecule is Cc1ccc(-c2csc(NC(=O)c3cc(C)cc(C)n3)n2)cc1.